The summed E-state index contributed by atoms with van der Waals surface area (Å²) in [4.78, 5) is 13.8. The Morgan fingerprint density at radius 2 is 2.17 bits per heavy atom. The first-order valence-corrected chi connectivity index (χ1v) is 6.59. The quantitative estimate of drug-likeness (QED) is 0.921. The second-order valence-electron chi connectivity index (χ2n) is 3.67. The number of nitrogens with zero attached hydrogens (tertiary/aromatic N) is 3. The Balaban J connectivity index is 2.09. The Labute approximate surface area is 109 Å². The lowest BCUT2D eigenvalue weighted by Crippen LogP contribution is -2.35. The summed E-state index contributed by atoms with van der Waals surface area (Å²) in [5.74, 6) is 0. The van der Waals surface area contributed by atoms with Gasteiger partial charge in [-0.3, -0.25) is 4.90 Å². The van der Waals surface area contributed by atoms with Gasteiger partial charge in [0.05, 0.1) is 0 Å². The smallest absolute Gasteiger partial charge is 0.307 e. The van der Waals surface area contributed by atoms with Gasteiger partial charge in [-0.15, -0.1) is 10.2 Å². The molecular formula is C12H14N4OS. The number of para-hydroxylation sites is 1. The van der Waals surface area contributed by atoms with Gasteiger partial charge in [0, 0.05) is 12.2 Å². The first kappa shape index (κ1) is 12.5. The van der Waals surface area contributed by atoms with Crippen LogP contribution in [0.5, 0.6) is 0 Å². The summed E-state index contributed by atoms with van der Waals surface area (Å²) in [5.41, 5.74) is 2.39. The van der Waals surface area contributed by atoms with E-state index in [1.165, 1.54) is 11.3 Å². The average Bonchev–Trinajstić information content (AvgIpc) is 2.90. The molecule has 0 saturated carbocycles. The monoisotopic (exact) mass is 262 g/mol. The average molecular weight is 262 g/mol. The van der Waals surface area contributed by atoms with Crippen molar-refractivity contribution in [2.24, 2.45) is 0 Å². The van der Waals surface area contributed by atoms with Gasteiger partial charge in [0.2, 0.25) is 5.13 Å². The summed E-state index contributed by atoms with van der Waals surface area (Å²) in [6.07, 6.45) is 0.863. The van der Waals surface area contributed by atoms with Gasteiger partial charge in [-0.25, -0.2) is 4.79 Å². The molecule has 0 radical (unpaired) electrons. The molecule has 0 bridgehead atoms. The molecule has 0 fully saturated rings. The summed E-state index contributed by atoms with van der Waals surface area (Å²) >= 11 is 1.35. The van der Waals surface area contributed by atoms with E-state index in [-0.39, 0.29) is 6.03 Å². The fourth-order valence-corrected chi connectivity index (χ4v) is 2.09. The number of anilines is 2. The van der Waals surface area contributed by atoms with Crippen molar-refractivity contribution in [3.05, 3.63) is 35.8 Å². The van der Waals surface area contributed by atoms with Gasteiger partial charge in [-0.2, -0.15) is 0 Å². The lowest BCUT2D eigenvalue weighted by Gasteiger charge is -2.19. The highest BCUT2D eigenvalue weighted by Crippen LogP contribution is 2.17. The van der Waals surface area contributed by atoms with Crippen molar-refractivity contribution in [3.63, 3.8) is 0 Å². The molecular weight excluding hydrogens is 248 g/mol. The van der Waals surface area contributed by atoms with Crippen LogP contribution in [-0.2, 0) is 0 Å². The topological polar surface area (TPSA) is 58.1 Å². The van der Waals surface area contributed by atoms with Gasteiger partial charge in [0.1, 0.15) is 5.51 Å². The summed E-state index contributed by atoms with van der Waals surface area (Å²) in [6.45, 7) is 2.64. The predicted octanol–water partition coefficient (Wildman–Crippen LogP) is 2.99. The van der Waals surface area contributed by atoms with E-state index in [9.17, 15) is 4.79 Å². The molecule has 18 heavy (non-hydrogen) atoms. The molecule has 1 aromatic heterocycles. The fourth-order valence-electron chi connectivity index (χ4n) is 1.50. The highest BCUT2D eigenvalue weighted by Gasteiger charge is 2.17. The lowest BCUT2D eigenvalue weighted by atomic mass is 10.3. The molecule has 6 heteroatoms. The summed E-state index contributed by atoms with van der Waals surface area (Å²) in [7, 11) is 0. The maximum absolute atomic E-state index is 12.2. The number of carbonyl (C=O) groups excluding carboxylic acids is 1. The Morgan fingerprint density at radius 1 is 1.39 bits per heavy atom. The molecule has 0 unspecified atom stereocenters. The zero-order valence-electron chi connectivity index (χ0n) is 10.0. The molecule has 1 aromatic carbocycles. The van der Waals surface area contributed by atoms with E-state index >= 15 is 0 Å². The van der Waals surface area contributed by atoms with Crippen molar-refractivity contribution < 1.29 is 4.79 Å². The number of nitrogens with one attached hydrogen (secondary N) is 1. The number of urea groups is 1. The lowest BCUT2D eigenvalue weighted by molar-refractivity contribution is 0.257. The third-order valence-corrected chi connectivity index (χ3v) is 3.01. The van der Waals surface area contributed by atoms with Crippen molar-refractivity contribution in [3.8, 4) is 0 Å². The van der Waals surface area contributed by atoms with E-state index in [1.807, 2.05) is 37.3 Å². The molecule has 0 aliphatic heterocycles. The van der Waals surface area contributed by atoms with Crippen molar-refractivity contribution in [1.29, 1.82) is 0 Å². The molecule has 0 aliphatic carbocycles. The minimum absolute atomic E-state index is 0.181. The highest BCUT2D eigenvalue weighted by molar-refractivity contribution is 7.13. The standard InChI is InChI=1S/C12H14N4OS/c1-2-8-16(12-15-13-9-18-12)11(17)14-10-6-4-3-5-7-10/h3-7,9H,2,8H2,1H3,(H,14,17). The maximum Gasteiger partial charge on any atom is 0.328 e. The number of rotatable bonds is 4. The predicted molar refractivity (Wildman–Crippen MR) is 73.0 cm³/mol. The molecule has 0 spiro atoms. The molecule has 2 aromatic rings. The number of aromatic nitrogens is 2. The number of amides is 2. The Bertz CT molecular complexity index is 486. The van der Waals surface area contributed by atoms with E-state index in [4.69, 9.17) is 0 Å². The second-order valence-corrected chi connectivity index (χ2v) is 4.48. The van der Waals surface area contributed by atoms with Gasteiger partial charge in [0.15, 0.2) is 0 Å². The minimum Gasteiger partial charge on any atom is -0.307 e. The van der Waals surface area contributed by atoms with Crippen LogP contribution in [0, 0.1) is 0 Å². The Morgan fingerprint density at radius 3 is 2.78 bits per heavy atom. The first-order chi connectivity index (χ1) is 8.81. The highest BCUT2D eigenvalue weighted by atomic mass is 32.1. The van der Waals surface area contributed by atoms with Crippen LogP contribution >= 0.6 is 11.3 Å². The zero-order chi connectivity index (χ0) is 12.8. The van der Waals surface area contributed by atoms with Crippen LogP contribution in [-0.4, -0.2) is 22.8 Å². The molecule has 0 saturated heterocycles. The number of hydrogen-bond donors (Lipinski definition) is 1. The SMILES string of the molecule is CCCN(C(=O)Nc1ccccc1)c1nncs1. The molecule has 1 heterocycles. The van der Waals surface area contributed by atoms with Gasteiger partial charge in [-0.1, -0.05) is 36.5 Å². The summed E-state index contributed by atoms with van der Waals surface area (Å²) in [6, 6.07) is 9.18. The van der Waals surface area contributed by atoms with Crippen LogP contribution < -0.4 is 10.2 Å². The molecule has 1 N–H and O–H groups in total. The Kier molecular flexibility index (Phi) is 4.25. The van der Waals surface area contributed by atoms with Crippen LogP contribution in [0.1, 0.15) is 13.3 Å². The van der Waals surface area contributed by atoms with Gasteiger partial charge in [0.25, 0.3) is 0 Å². The molecule has 0 aliphatic rings. The van der Waals surface area contributed by atoms with E-state index < -0.39 is 0 Å². The normalized spacial score (nSPS) is 10.1. The molecule has 2 rings (SSSR count). The minimum atomic E-state index is -0.181. The third kappa shape index (κ3) is 3.04. The van der Waals surface area contributed by atoms with Crippen LogP contribution in [0.3, 0.4) is 0 Å². The second kappa shape index (κ2) is 6.11. The van der Waals surface area contributed by atoms with Crippen molar-refractivity contribution >= 4 is 28.2 Å². The first-order valence-electron chi connectivity index (χ1n) is 5.71. The number of hydrogen-bond acceptors (Lipinski definition) is 4. The molecule has 2 amide bonds. The van der Waals surface area contributed by atoms with Crippen LogP contribution in [0.25, 0.3) is 0 Å². The third-order valence-electron chi connectivity index (χ3n) is 2.30. The molecule has 5 nitrogen and oxygen atoms in total. The van der Waals surface area contributed by atoms with Crippen molar-refractivity contribution in [2.75, 3.05) is 16.8 Å². The van der Waals surface area contributed by atoms with Gasteiger partial charge >= 0.3 is 6.03 Å². The largest absolute Gasteiger partial charge is 0.328 e. The van der Waals surface area contributed by atoms with Crippen LogP contribution in [0.4, 0.5) is 15.6 Å². The Hall–Kier alpha value is -1.95. The fraction of sp³-hybridized carbons (Fsp3) is 0.250. The molecule has 94 valence electrons. The van der Waals surface area contributed by atoms with Gasteiger partial charge in [-0.05, 0) is 18.6 Å². The van der Waals surface area contributed by atoms with Gasteiger partial charge < -0.3 is 5.32 Å². The van der Waals surface area contributed by atoms with Crippen molar-refractivity contribution in [2.45, 2.75) is 13.3 Å². The van der Waals surface area contributed by atoms with E-state index in [1.54, 1.807) is 10.4 Å². The summed E-state index contributed by atoms with van der Waals surface area (Å²) in [5, 5.41) is 11.2. The molecule has 0 atom stereocenters. The summed E-state index contributed by atoms with van der Waals surface area (Å²) < 4.78 is 0. The maximum atomic E-state index is 12.2. The van der Waals surface area contributed by atoms with Crippen LogP contribution in [0.15, 0.2) is 35.8 Å². The number of carbonyl (C=O) groups is 1. The number of benzene rings is 1. The van der Waals surface area contributed by atoms with E-state index in [0.717, 1.165) is 12.1 Å². The van der Waals surface area contributed by atoms with E-state index in [0.29, 0.717) is 11.7 Å². The van der Waals surface area contributed by atoms with Crippen LogP contribution in [0.2, 0.25) is 0 Å². The van der Waals surface area contributed by atoms with Crippen molar-refractivity contribution in [1.82, 2.24) is 10.2 Å². The van der Waals surface area contributed by atoms with E-state index in [2.05, 4.69) is 15.5 Å². The zero-order valence-corrected chi connectivity index (χ0v) is 10.9.